The molecule has 2 heterocycles. The van der Waals surface area contributed by atoms with Gasteiger partial charge in [0.25, 0.3) is 5.95 Å². The predicted octanol–water partition coefficient (Wildman–Crippen LogP) is 3.18. The van der Waals surface area contributed by atoms with Gasteiger partial charge < -0.3 is 9.47 Å². The van der Waals surface area contributed by atoms with E-state index in [1.807, 2.05) is 57.2 Å². The summed E-state index contributed by atoms with van der Waals surface area (Å²) in [5.41, 5.74) is 3.75. The van der Waals surface area contributed by atoms with Gasteiger partial charge in [0, 0.05) is 17.5 Å². The number of nitrogens with zero attached hydrogens (tertiary/aromatic N) is 4. The molecule has 0 fully saturated rings. The van der Waals surface area contributed by atoms with E-state index in [1.165, 1.54) is 0 Å². The zero-order chi connectivity index (χ0) is 17.1. The van der Waals surface area contributed by atoms with Gasteiger partial charge in [0.05, 0.1) is 12.8 Å². The highest BCUT2D eigenvalue weighted by Crippen LogP contribution is 2.17. The molecule has 6 nitrogen and oxygen atoms in total. The molecule has 6 heteroatoms. The fourth-order valence-corrected chi connectivity index (χ4v) is 2.44. The summed E-state index contributed by atoms with van der Waals surface area (Å²) >= 11 is 0. The second-order valence-corrected chi connectivity index (χ2v) is 5.63. The topological polar surface area (TPSA) is 62.1 Å². The second-order valence-electron chi connectivity index (χ2n) is 5.63. The van der Waals surface area contributed by atoms with Crippen LogP contribution in [0.5, 0.6) is 11.6 Å². The Labute approximate surface area is 141 Å². The van der Waals surface area contributed by atoms with Crippen molar-refractivity contribution in [3.63, 3.8) is 0 Å². The Hall–Kier alpha value is -2.89. The molecule has 2 aromatic heterocycles. The smallest absolute Gasteiger partial charge is 0.254 e. The van der Waals surface area contributed by atoms with E-state index in [4.69, 9.17) is 9.47 Å². The maximum Gasteiger partial charge on any atom is 0.254 e. The minimum absolute atomic E-state index is 0.407. The molecule has 0 saturated heterocycles. The molecule has 0 spiro atoms. The van der Waals surface area contributed by atoms with Crippen molar-refractivity contribution in [1.82, 2.24) is 19.7 Å². The van der Waals surface area contributed by atoms with E-state index in [1.54, 1.807) is 11.8 Å². The second kappa shape index (κ2) is 6.70. The summed E-state index contributed by atoms with van der Waals surface area (Å²) in [5.74, 6) is 1.84. The van der Waals surface area contributed by atoms with Gasteiger partial charge in [0.1, 0.15) is 12.4 Å². The van der Waals surface area contributed by atoms with Gasteiger partial charge in [0.2, 0.25) is 5.88 Å². The van der Waals surface area contributed by atoms with Crippen molar-refractivity contribution in [2.45, 2.75) is 27.4 Å². The number of methoxy groups -OCH3 is 1. The summed E-state index contributed by atoms with van der Waals surface area (Å²) in [7, 11) is 1.65. The largest absolute Gasteiger partial charge is 0.497 e. The Morgan fingerprint density at radius 2 is 1.83 bits per heavy atom. The van der Waals surface area contributed by atoms with Crippen LogP contribution in [0.4, 0.5) is 0 Å². The maximum atomic E-state index is 5.83. The van der Waals surface area contributed by atoms with Gasteiger partial charge in [-0.1, -0.05) is 12.1 Å². The number of hydrogen-bond acceptors (Lipinski definition) is 5. The summed E-state index contributed by atoms with van der Waals surface area (Å²) in [6, 6.07) is 11.6. The van der Waals surface area contributed by atoms with E-state index in [2.05, 4.69) is 15.1 Å². The van der Waals surface area contributed by atoms with E-state index < -0.39 is 0 Å². The van der Waals surface area contributed by atoms with Crippen molar-refractivity contribution >= 4 is 0 Å². The van der Waals surface area contributed by atoms with Crippen LogP contribution in [0.2, 0.25) is 0 Å². The van der Waals surface area contributed by atoms with Crippen molar-refractivity contribution in [2.75, 3.05) is 7.11 Å². The van der Waals surface area contributed by atoms with Crippen molar-refractivity contribution in [2.24, 2.45) is 0 Å². The molecule has 0 saturated carbocycles. The van der Waals surface area contributed by atoms with Crippen LogP contribution in [-0.4, -0.2) is 26.9 Å². The molecule has 0 bridgehead atoms. The zero-order valence-electron chi connectivity index (χ0n) is 14.3. The van der Waals surface area contributed by atoms with Crippen LogP contribution in [0.3, 0.4) is 0 Å². The first kappa shape index (κ1) is 16.0. The lowest BCUT2D eigenvalue weighted by Crippen LogP contribution is -2.08. The van der Waals surface area contributed by atoms with Crippen molar-refractivity contribution in [1.29, 1.82) is 0 Å². The minimum Gasteiger partial charge on any atom is -0.497 e. The lowest BCUT2D eigenvalue weighted by molar-refractivity contribution is 0.291. The molecule has 124 valence electrons. The molecule has 0 radical (unpaired) electrons. The van der Waals surface area contributed by atoms with Gasteiger partial charge >= 0.3 is 0 Å². The van der Waals surface area contributed by atoms with E-state index in [-0.39, 0.29) is 0 Å². The molecule has 3 rings (SSSR count). The number of benzene rings is 1. The van der Waals surface area contributed by atoms with E-state index in [0.717, 1.165) is 28.4 Å². The Morgan fingerprint density at radius 1 is 1.00 bits per heavy atom. The van der Waals surface area contributed by atoms with Crippen molar-refractivity contribution in [3.8, 4) is 17.6 Å². The van der Waals surface area contributed by atoms with Crippen LogP contribution in [-0.2, 0) is 6.61 Å². The first-order chi connectivity index (χ1) is 11.5. The molecule has 24 heavy (non-hydrogen) atoms. The average Bonchev–Trinajstić information content (AvgIpc) is 2.91. The Balaban J connectivity index is 1.82. The first-order valence-electron chi connectivity index (χ1n) is 7.70. The van der Waals surface area contributed by atoms with E-state index in [0.29, 0.717) is 18.4 Å². The summed E-state index contributed by atoms with van der Waals surface area (Å²) < 4.78 is 12.8. The maximum absolute atomic E-state index is 5.83. The van der Waals surface area contributed by atoms with Gasteiger partial charge in [-0.3, -0.25) is 0 Å². The summed E-state index contributed by atoms with van der Waals surface area (Å²) in [5, 5.41) is 4.42. The molecule has 1 aromatic carbocycles. The molecule has 3 aromatic rings. The Kier molecular flexibility index (Phi) is 4.46. The van der Waals surface area contributed by atoms with Crippen LogP contribution in [0.1, 0.15) is 22.6 Å². The van der Waals surface area contributed by atoms with Crippen molar-refractivity contribution < 1.29 is 9.47 Å². The van der Waals surface area contributed by atoms with Gasteiger partial charge in [-0.25, -0.2) is 9.67 Å². The molecule has 0 aliphatic carbocycles. The molecule has 0 amide bonds. The molecule has 0 unspecified atom stereocenters. The van der Waals surface area contributed by atoms with Gasteiger partial charge in [-0.2, -0.15) is 10.1 Å². The highest BCUT2D eigenvalue weighted by atomic mass is 16.5. The number of rotatable bonds is 5. The number of ether oxygens (including phenoxy) is 2. The van der Waals surface area contributed by atoms with Crippen molar-refractivity contribution in [3.05, 3.63) is 59.0 Å². The van der Waals surface area contributed by atoms with E-state index in [9.17, 15) is 0 Å². The average molecular weight is 324 g/mol. The monoisotopic (exact) mass is 324 g/mol. The first-order valence-corrected chi connectivity index (χ1v) is 7.70. The standard InChI is InChI=1S/C18H20N4O2/c1-12-9-17(24-11-15-6-5-7-16(10-15)23-4)20-18(19-12)22-14(3)8-13(2)21-22/h5-10H,11H2,1-4H3. The Morgan fingerprint density at radius 3 is 2.54 bits per heavy atom. The fourth-order valence-electron chi connectivity index (χ4n) is 2.44. The van der Waals surface area contributed by atoms with Crippen LogP contribution in [0.15, 0.2) is 36.4 Å². The molecule has 0 N–H and O–H groups in total. The quantitative estimate of drug-likeness (QED) is 0.721. The summed E-state index contributed by atoms with van der Waals surface area (Å²) in [6.45, 7) is 6.24. The SMILES string of the molecule is COc1cccc(COc2cc(C)nc(-n3nc(C)cc3C)n2)c1. The number of aryl methyl sites for hydroxylation is 3. The predicted molar refractivity (Wildman–Crippen MR) is 90.7 cm³/mol. The molecule has 0 aliphatic heterocycles. The normalized spacial score (nSPS) is 10.7. The van der Waals surface area contributed by atoms with Crippen LogP contribution in [0.25, 0.3) is 5.95 Å². The van der Waals surface area contributed by atoms with E-state index >= 15 is 0 Å². The minimum atomic E-state index is 0.407. The summed E-state index contributed by atoms with van der Waals surface area (Å²) in [6.07, 6.45) is 0. The highest BCUT2D eigenvalue weighted by Gasteiger charge is 2.10. The van der Waals surface area contributed by atoms with Gasteiger partial charge in [-0.15, -0.1) is 0 Å². The lowest BCUT2D eigenvalue weighted by Gasteiger charge is -2.09. The molecular weight excluding hydrogens is 304 g/mol. The third-order valence-electron chi connectivity index (χ3n) is 3.54. The van der Waals surface area contributed by atoms with Crippen LogP contribution >= 0.6 is 0 Å². The molecular formula is C18H20N4O2. The summed E-state index contributed by atoms with van der Waals surface area (Å²) in [4.78, 5) is 8.92. The van der Waals surface area contributed by atoms with Crippen LogP contribution < -0.4 is 9.47 Å². The third-order valence-corrected chi connectivity index (χ3v) is 3.54. The lowest BCUT2D eigenvalue weighted by atomic mass is 10.2. The number of aromatic nitrogens is 4. The van der Waals surface area contributed by atoms with Crippen LogP contribution in [0, 0.1) is 20.8 Å². The highest BCUT2D eigenvalue weighted by molar-refractivity contribution is 5.29. The fraction of sp³-hybridized carbons (Fsp3) is 0.278. The molecule has 0 atom stereocenters. The zero-order valence-corrected chi connectivity index (χ0v) is 14.3. The molecule has 0 aliphatic rings. The third kappa shape index (κ3) is 3.53. The number of hydrogen-bond donors (Lipinski definition) is 0. The van der Waals surface area contributed by atoms with Gasteiger partial charge in [0.15, 0.2) is 0 Å². The van der Waals surface area contributed by atoms with Gasteiger partial charge in [-0.05, 0) is 44.5 Å². The Bertz CT molecular complexity index is 858.